The lowest BCUT2D eigenvalue weighted by atomic mass is 9.64. The molecule has 4 aromatic carbocycles. The topological polar surface area (TPSA) is 117 Å². The van der Waals surface area contributed by atoms with Crippen LogP contribution in [0.3, 0.4) is 0 Å². The molecule has 0 unspecified atom stereocenters. The minimum Gasteiger partial charge on any atom is -0.489 e. The Hall–Kier alpha value is -5.55. The highest BCUT2D eigenvalue weighted by molar-refractivity contribution is 7.78. The van der Waals surface area contributed by atoms with Crippen LogP contribution >= 0.6 is 12.8 Å². The molecule has 0 bridgehead atoms. The van der Waals surface area contributed by atoms with E-state index in [1.165, 1.54) is 16.8 Å². The Morgan fingerprint density at radius 2 is 1.46 bits per heavy atom. The van der Waals surface area contributed by atoms with E-state index in [9.17, 15) is 14.4 Å². The van der Waals surface area contributed by atoms with E-state index in [-0.39, 0.29) is 37.4 Å². The Morgan fingerprint density at radius 3 is 2.06 bits per heavy atom. The van der Waals surface area contributed by atoms with Gasteiger partial charge < -0.3 is 24.7 Å². The summed E-state index contributed by atoms with van der Waals surface area (Å²) in [5.74, 6) is -0.0982. The summed E-state index contributed by atoms with van der Waals surface area (Å²) < 4.78 is 12.5. The molecule has 0 spiro atoms. The highest BCUT2D eigenvalue weighted by Gasteiger charge is 2.39. The number of H-pyrrole nitrogens is 1. The van der Waals surface area contributed by atoms with Gasteiger partial charge in [0.05, 0.1) is 18.6 Å². The highest BCUT2D eigenvalue weighted by Crippen LogP contribution is 2.43. The second-order valence-corrected chi connectivity index (χ2v) is 13.5. The SMILES string of the molecule is O=C(CN(Cc1ccc(OCc2ccccc2)cc1)C(=O)[C@H](Cc1c[nH]cn1)N(S)C(=O)OCc1ccccc1)NCC1(c2ccccc2)CCC1. The second-order valence-electron chi connectivity index (χ2n) is 13.1. The number of aromatic nitrogens is 2. The van der Waals surface area contributed by atoms with Crippen LogP contribution in [0, 0.1) is 0 Å². The summed E-state index contributed by atoms with van der Waals surface area (Å²) in [5.41, 5.74) is 4.24. The summed E-state index contributed by atoms with van der Waals surface area (Å²) in [4.78, 5) is 50.2. The first kappa shape index (κ1) is 36.2. The monoisotopic (exact) mass is 717 g/mol. The third kappa shape index (κ3) is 9.61. The average Bonchev–Trinajstić information content (AvgIpc) is 3.69. The molecular weight excluding hydrogens is 675 g/mol. The number of nitrogens with one attached hydrogen (secondary N) is 2. The number of amides is 3. The summed E-state index contributed by atoms with van der Waals surface area (Å²) >= 11 is 4.49. The first-order valence-corrected chi connectivity index (χ1v) is 17.8. The quantitative estimate of drug-likeness (QED) is 0.0985. The summed E-state index contributed by atoms with van der Waals surface area (Å²) in [6.45, 7) is 0.767. The van der Waals surface area contributed by atoms with Gasteiger partial charge in [-0.05, 0) is 47.2 Å². The summed E-state index contributed by atoms with van der Waals surface area (Å²) in [5, 5.41) is 3.12. The van der Waals surface area contributed by atoms with Crippen LogP contribution in [0.2, 0.25) is 0 Å². The first-order valence-electron chi connectivity index (χ1n) is 17.4. The van der Waals surface area contributed by atoms with Crippen LogP contribution in [0.5, 0.6) is 5.75 Å². The second kappa shape index (κ2) is 17.6. The van der Waals surface area contributed by atoms with Crippen LogP contribution in [0.4, 0.5) is 4.79 Å². The average molecular weight is 718 g/mol. The Balaban J connectivity index is 1.19. The van der Waals surface area contributed by atoms with E-state index in [0.29, 0.717) is 24.6 Å². The van der Waals surface area contributed by atoms with Gasteiger partial charge in [-0.3, -0.25) is 9.59 Å². The number of thiol groups is 1. The number of aromatic amines is 1. The molecule has 52 heavy (non-hydrogen) atoms. The van der Waals surface area contributed by atoms with Gasteiger partial charge in [-0.1, -0.05) is 122 Å². The van der Waals surface area contributed by atoms with Crippen LogP contribution in [0.25, 0.3) is 0 Å². The standard InChI is InChI=1S/C41H43N5O5S/c47-38(43-29-41(21-10-22-41)34-15-8-3-9-16-34)26-45(25-31-17-19-36(20-18-31)50-27-32-11-4-1-5-12-32)39(48)37(23-35-24-42-30-44-35)46(52)40(49)51-28-33-13-6-2-7-14-33/h1-9,11-20,24,30,37,52H,10,21-23,25-29H2,(H,42,44)(H,43,47)/t37-/m0/s1. The third-order valence-electron chi connectivity index (χ3n) is 9.44. The van der Waals surface area contributed by atoms with Crippen molar-refractivity contribution in [3.63, 3.8) is 0 Å². The Bertz CT molecular complexity index is 1870. The predicted molar refractivity (Wildman–Crippen MR) is 201 cm³/mol. The van der Waals surface area contributed by atoms with Crippen LogP contribution in [0.15, 0.2) is 128 Å². The van der Waals surface area contributed by atoms with E-state index >= 15 is 0 Å². The molecule has 1 fully saturated rings. The van der Waals surface area contributed by atoms with E-state index < -0.39 is 18.0 Å². The van der Waals surface area contributed by atoms with Gasteiger partial charge in [0.25, 0.3) is 0 Å². The fourth-order valence-electron chi connectivity index (χ4n) is 6.33. The van der Waals surface area contributed by atoms with Crippen molar-refractivity contribution in [2.45, 2.75) is 56.9 Å². The number of hydrogen-bond donors (Lipinski definition) is 3. The van der Waals surface area contributed by atoms with Crippen LogP contribution in [-0.2, 0) is 45.9 Å². The Kier molecular flexibility index (Phi) is 12.3. The van der Waals surface area contributed by atoms with Gasteiger partial charge in [-0.2, -0.15) is 0 Å². The van der Waals surface area contributed by atoms with Gasteiger partial charge in [0.15, 0.2) is 0 Å². The molecule has 1 aliphatic carbocycles. The number of rotatable bonds is 16. The lowest BCUT2D eigenvalue weighted by Gasteiger charge is -2.42. The summed E-state index contributed by atoms with van der Waals surface area (Å²) in [6.07, 6.45) is 5.46. The fourth-order valence-corrected chi connectivity index (χ4v) is 6.56. The maximum Gasteiger partial charge on any atom is 0.420 e. The molecule has 0 radical (unpaired) electrons. The Morgan fingerprint density at radius 1 is 0.827 bits per heavy atom. The van der Waals surface area contributed by atoms with E-state index in [1.807, 2.05) is 103 Å². The van der Waals surface area contributed by atoms with E-state index in [2.05, 4.69) is 40.2 Å². The maximum atomic E-state index is 14.5. The number of hydrogen-bond acceptors (Lipinski definition) is 7. The number of carbonyl (C=O) groups excluding carboxylic acids is 3. The zero-order valence-corrected chi connectivity index (χ0v) is 29.8. The molecule has 11 heteroatoms. The molecular formula is C41H43N5O5S. The lowest BCUT2D eigenvalue weighted by molar-refractivity contribution is -0.139. The number of ether oxygens (including phenoxy) is 2. The van der Waals surface area contributed by atoms with Crippen LogP contribution < -0.4 is 10.1 Å². The zero-order valence-electron chi connectivity index (χ0n) is 28.9. The Labute approximate surface area is 309 Å². The van der Waals surface area contributed by atoms with Gasteiger partial charge in [-0.15, -0.1) is 0 Å². The molecule has 0 aliphatic heterocycles. The van der Waals surface area contributed by atoms with Gasteiger partial charge in [-0.25, -0.2) is 14.1 Å². The van der Waals surface area contributed by atoms with Crippen molar-refractivity contribution in [2.75, 3.05) is 13.1 Å². The molecule has 1 saturated carbocycles. The number of imidazole rings is 1. The number of nitrogens with zero attached hydrogens (tertiary/aromatic N) is 3. The van der Waals surface area contributed by atoms with Crippen molar-refractivity contribution in [3.8, 4) is 5.75 Å². The third-order valence-corrected chi connectivity index (χ3v) is 9.88. The molecule has 268 valence electrons. The van der Waals surface area contributed by atoms with Crippen molar-refractivity contribution in [2.24, 2.45) is 0 Å². The minimum atomic E-state index is -1.13. The zero-order chi connectivity index (χ0) is 36.2. The highest BCUT2D eigenvalue weighted by atomic mass is 32.1. The largest absolute Gasteiger partial charge is 0.489 e. The van der Waals surface area contributed by atoms with Crippen molar-refractivity contribution in [1.82, 2.24) is 24.5 Å². The maximum absolute atomic E-state index is 14.5. The molecule has 1 aliphatic rings. The molecule has 3 amide bonds. The lowest BCUT2D eigenvalue weighted by Crippen LogP contribution is -2.52. The normalized spacial score (nSPS) is 13.6. The first-order chi connectivity index (χ1) is 25.4. The number of carbonyl (C=O) groups is 3. The molecule has 1 heterocycles. The van der Waals surface area contributed by atoms with Crippen LogP contribution in [0.1, 0.15) is 47.2 Å². The summed E-state index contributed by atoms with van der Waals surface area (Å²) in [6, 6.07) is 35.7. The van der Waals surface area contributed by atoms with Crippen molar-refractivity contribution in [3.05, 3.63) is 156 Å². The number of benzene rings is 4. The van der Waals surface area contributed by atoms with E-state index in [1.54, 1.807) is 6.20 Å². The molecule has 6 rings (SSSR count). The molecule has 2 N–H and O–H groups in total. The summed E-state index contributed by atoms with van der Waals surface area (Å²) in [7, 11) is 0. The smallest absolute Gasteiger partial charge is 0.420 e. The van der Waals surface area contributed by atoms with Crippen LogP contribution in [-0.4, -0.2) is 56.2 Å². The van der Waals surface area contributed by atoms with Crippen molar-refractivity contribution < 1.29 is 23.9 Å². The van der Waals surface area contributed by atoms with Gasteiger partial charge in [0.1, 0.15) is 25.0 Å². The molecule has 10 nitrogen and oxygen atoms in total. The molecule has 0 saturated heterocycles. The fraction of sp³-hybridized carbons (Fsp3) is 0.268. The molecule has 1 aromatic heterocycles. The molecule has 5 aromatic rings. The van der Waals surface area contributed by atoms with E-state index in [4.69, 9.17) is 9.47 Å². The predicted octanol–water partition coefficient (Wildman–Crippen LogP) is 6.65. The van der Waals surface area contributed by atoms with Gasteiger partial charge >= 0.3 is 6.09 Å². The van der Waals surface area contributed by atoms with Gasteiger partial charge in [0, 0.05) is 31.1 Å². The minimum absolute atomic E-state index is 0.00796. The molecule has 1 atom stereocenters. The van der Waals surface area contributed by atoms with Crippen molar-refractivity contribution >= 4 is 30.7 Å². The van der Waals surface area contributed by atoms with Gasteiger partial charge in [0.2, 0.25) is 11.8 Å². The van der Waals surface area contributed by atoms with E-state index in [0.717, 1.165) is 40.3 Å². The van der Waals surface area contributed by atoms with Crippen molar-refractivity contribution in [1.29, 1.82) is 0 Å².